The molecular weight excluding hydrogens is 236 g/mol. The van der Waals surface area contributed by atoms with Crippen LogP contribution in [0.5, 0.6) is 0 Å². The van der Waals surface area contributed by atoms with Crippen LogP contribution in [0.4, 0.5) is 0 Å². The van der Waals surface area contributed by atoms with E-state index in [0.717, 1.165) is 13.0 Å². The molecule has 5 heteroatoms. The molecule has 1 unspecified atom stereocenters. The Kier molecular flexibility index (Phi) is 7.28. The molecule has 2 N–H and O–H groups in total. The number of rotatable bonds is 8. The second-order valence-corrected chi connectivity index (χ2v) is 8.09. The number of nitrogens with zero attached hydrogens (tertiary/aromatic N) is 1. The first-order valence-electron chi connectivity index (χ1n) is 6.32. The maximum atomic E-state index is 11.6. The molecule has 0 saturated heterocycles. The number of hydrogen-bond donors (Lipinski definition) is 1. The van der Waals surface area contributed by atoms with Gasteiger partial charge in [-0.3, -0.25) is 0 Å². The van der Waals surface area contributed by atoms with E-state index in [1.807, 2.05) is 11.9 Å². The van der Waals surface area contributed by atoms with Crippen LogP contribution >= 0.6 is 0 Å². The van der Waals surface area contributed by atoms with E-state index in [1.165, 1.54) is 0 Å². The van der Waals surface area contributed by atoms with Gasteiger partial charge in [-0.25, -0.2) is 8.42 Å². The highest BCUT2D eigenvalue weighted by atomic mass is 32.2. The predicted octanol–water partition coefficient (Wildman–Crippen LogP) is 1.11. The van der Waals surface area contributed by atoms with Crippen LogP contribution in [0.1, 0.15) is 34.1 Å². The second kappa shape index (κ2) is 7.34. The Bertz CT molecular complexity index is 300. The molecule has 0 aromatic rings. The summed E-state index contributed by atoms with van der Waals surface area (Å²) in [7, 11) is -0.974. The smallest absolute Gasteiger partial charge is 0.153 e. The van der Waals surface area contributed by atoms with Gasteiger partial charge in [-0.1, -0.05) is 13.8 Å². The van der Waals surface area contributed by atoms with Gasteiger partial charge in [-0.2, -0.15) is 0 Å². The summed E-state index contributed by atoms with van der Waals surface area (Å²) in [6.07, 6.45) is 0.913. The van der Waals surface area contributed by atoms with Crippen molar-refractivity contribution < 1.29 is 8.42 Å². The highest BCUT2D eigenvalue weighted by Crippen LogP contribution is 2.05. The molecule has 0 aliphatic rings. The van der Waals surface area contributed by atoms with Gasteiger partial charge in [0, 0.05) is 12.6 Å². The molecule has 0 fully saturated rings. The summed E-state index contributed by atoms with van der Waals surface area (Å²) in [6.45, 7) is 9.11. The van der Waals surface area contributed by atoms with Crippen molar-refractivity contribution in [3.8, 4) is 0 Å². The Morgan fingerprint density at radius 2 is 1.65 bits per heavy atom. The van der Waals surface area contributed by atoms with Gasteiger partial charge in [-0.05, 0) is 39.8 Å². The minimum Gasteiger partial charge on any atom is -0.327 e. The van der Waals surface area contributed by atoms with Crippen molar-refractivity contribution in [1.29, 1.82) is 0 Å². The Balaban J connectivity index is 3.93. The van der Waals surface area contributed by atoms with Crippen molar-refractivity contribution in [2.75, 3.05) is 25.9 Å². The molecule has 0 amide bonds. The molecule has 0 aromatic heterocycles. The number of nitrogens with two attached hydrogens (primary N) is 1. The van der Waals surface area contributed by atoms with E-state index in [1.54, 1.807) is 13.8 Å². The van der Waals surface area contributed by atoms with Crippen LogP contribution in [0.25, 0.3) is 0 Å². The molecule has 0 aromatic carbocycles. The number of hydrogen-bond acceptors (Lipinski definition) is 4. The third-order valence-electron chi connectivity index (χ3n) is 3.18. The molecule has 17 heavy (non-hydrogen) atoms. The molecule has 0 aliphatic carbocycles. The lowest BCUT2D eigenvalue weighted by Gasteiger charge is -2.21. The molecule has 0 saturated carbocycles. The maximum absolute atomic E-state index is 11.6. The summed E-state index contributed by atoms with van der Waals surface area (Å²) in [6, 6.07) is 0.194. The van der Waals surface area contributed by atoms with Crippen molar-refractivity contribution in [3.05, 3.63) is 0 Å². The molecule has 0 radical (unpaired) electrons. The fourth-order valence-corrected chi connectivity index (χ4v) is 2.37. The van der Waals surface area contributed by atoms with E-state index >= 15 is 0 Å². The van der Waals surface area contributed by atoms with E-state index in [9.17, 15) is 8.42 Å². The SMILES string of the molecule is CC(C)C(N)CCN(C)CCS(=O)(=O)C(C)C. The van der Waals surface area contributed by atoms with Crippen LogP contribution in [-0.4, -0.2) is 50.5 Å². The first-order valence-corrected chi connectivity index (χ1v) is 8.04. The summed E-state index contributed by atoms with van der Waals surface area (Å²) in [4.78, 5) is 2.04. The third kappa shape index (κ3) is 7.01. The normalized spacial score (nSPS) is 14.9. The Morgan fingerprint density at radius 3 is 2.06 bits per heavy atom. The van der Waals surface area contributed by atoms with Crippen molar-refractivity contribution in [2.45, 2.75) is 45.4 Å². The van der Waals surface area contributed by atoms with Crippen molar-refractivity contribution in [1.82, 2.24) is 4.90 Å². The Morgan fingerprint density at radius 1 is 1.12 bits per heavy atom. The minimum absolute atomic E-state index is 0.194. The van der Waals surface area contributed by atoms with Gasteiger partial charge in [0.15, 0.2) is 9.84 Å². The van der Waals surface area contributed by atoms with Crippen LogP contribution in [0.3, 0.4) is 0 Å². The van der Waals surface area contributed by atoms with E-state index in [0.29, 0.717) is 12.5 Å². The minimum atomic E-state index is -2.92. The van der Waals surface area contributed by atoms with Crippen LogP contribution < -0.4 is 5.73 Å². The van der Waals surface area contributed by atoms with Gasteiger partial charge < -0.3 is 10.6 Å². The lowest BCUT2D eigenvalue weighted by Crippen LogP contribution is -2.34. The molecule has 104 valence electrons. The third-order valence-corrected chi connectivity index (χ3v) is 5.36. The molecule has 0 aliphatic heterocycles. The molecule has 0 heterocycles. The van der Waals surface area contributed by atoms with Gasteiger partial charge in [0.05, 0.1) is 11.0 Å². The van der Waals surface area contributed by atoms with E-state index < -0.39 is 9.84 Å². The zero-order valence-electron chi connectivity index (χ0n) is 11.8. The maximum Gasteiger partial charge on any atom is 0.153 e. The van der Waals surface area contributed by atoms with Gasteiger partial charge >= 0.3 is 0 Å². The van der Waals surface area contributed by atoms with Gasteiger partial charge in [0.2, 0.25) is 0 Å². The quantitative estimate of drug-likeness (QED) is 0.713. The van der Waals surface area contributed by atoms with Crippen molar-refractivity contribution in [2.24, 2.45) is 11.7 Å². The van der Waals surface area contributed by atoms with E-state index in [2.05, 4.69) is 13.8 Å². The van der Waals surface area contributed by atoms with Gasteiger partial charge in [0.25, 0.3) is 0 Å². The molecular formula is C12H28N2O2S. The van der Waals surface area contributed by atoms with Crippen LogP contribution in [0, 0.1) is 5.92 Å². The van der Waals surface area contributed by atoms with Gasteiger partial charge in [-0.15, -0.1) is 0 Å². The standard InChI is InChI=1S/C12H28N2O2S/c1-10(2)12(13)6-7-14(5)8-9-17(15,16)11(3)4/h10-12H,6-9,13H2,1-5H3. The fourth-order valence-electron chi connectivity index (χ4n) is 1.33. The topological polar surface area (TPSA) is 63.4 Å². The predicted molar refractivity (Wildman–Crippen MR) is 73.9 cm³/mol. The van der Waals surface area contributed by atoms with Crippen molar-refractivity contribution >= 4 is 9.84 Å². The molecule has 0 rings (SSSR count). The van der Waals surface area contributed by atoms with Gasteiger partial charge in [0.1, 0.15) is 0 Å². The highest BCUT2D eigenvalue weighted by molar-refractivity contribution is 7.92. The highest BCUT2D eigenvalue weighted by Gasteiger charge is 2.17. The molecule has 0 spiro atoms. The average molecular weight is 264 g/mol. The summed E-state index contributed by atoms with van der Waals surface area (Å²) >= 11 is 0. The zero-order valence-corrected chi connectivity index (χ0v) is 12.6. The first-order chi connectivity index (χ1) is 7.66. The Labute approximate surface area is 106 Å². The van der Waals surface area contributed by atoms with Crippen LogP contribution in [-0.2, 0) is 9.84 Å². The lowest BCUT2D eigenvalue weighted by molar-refractivity contribution is 0.316. The van der Waals surface area contributed by atoms with E-state index in [4.69, 9.17) is 5.73 Å². The average Bonchev–Trinajstić information content (AvgIpc) is 2.22. The summed E-state index contributed by atoms with van der Waals surface area (Å²) < 4.78 is 23.3. The summed E-state index contributed by atoms with van der Waals surface area (Å²) in [5, 5.41) is -0.283. The number of sulfone groups is 1. The van der Waals surface area contributed by atoms with Crippen LogP contribution in [0.2, 0.25) is 0 Å². The summed E-state index contributed by atoms with van der Waals surface area (Å²) in [5.74, 6) is 0.709. The molecule has 4 nitrogen and oxygen atoms in total. The second-order valence-electron chi connectivity index (χ2n) is 5.42. The van der Waals surface area contributed by atoms with E-state index in [-0.39, 0.29) is 17.0 Å². The Hall–Kier alpha value is -0.130. The van der Waals surface area contributed by atoms with Crippen molar-refractivity contribution in [3.63, 3.8) is 0 Å². The first kappa shape index (κ1) is 16.9. The van der Waals surface area contributed by atoms with Crippen LogP contribution in [0.15, 0.2) is 0 Å². The molecule has 0 bridgehead atoms. The zero-order chi connectivity index (χ0) is 13.6. The lowest BCUT2D eigenvalue weighted by atomic mass is 10.0. The largest absolute Gasteiger partial charge is 0.327 e. The fraction of sp³-hybridized carbons (Fsp3) is 1.00. The summed E-state index contributed by atoms with van der Waals surface area (Å²) in [5.41, 5.74) is 5.95. The monoisotopic (exact) mass is 264 g/mol. The molecule has 1 atom stereocenters.